The maximum atomic E-state index is 11.1. The molecule has 0 fully saturated rings. The molecular weight excluding hydrogens is 298 g/mol. The number of hydrogen-bond donors (Lipinski definition) is 0. The Morgan fingerprint density at radius 1 is 1.44 bits per heavy atom. The van der Waals surface area contributed by atoms with Gasteiger partial charge in [0.2, 0.25) is 0 Å². The van der Waals surface area contributed by atoms with Crippen molar-refractivity contribution in [3.05, 3.63) is 0 Å². The average molecular weight is 298 g/mol. The van der Waals surface area contributed by atoms with Crippen molar-refractivity contribution in [1.29, 1.82) is 0 Å². The fourth-order valence-corrected chi connectivity index (χ4v) is 0. The summed E-state index contributed by atoms with van der Waals surface area (Å²) >= 11 is 3.78. The van der Waals surface area contributed by atoms with Crippen LogP contribution in [0.2, 0.25) is 0 Å². The van der Waals surface area contributed by atoms with Crippen LogP contribution in [0.15, 0.2) is 0 Å². The Kier molecular flexibility index (Phi) is 6.41. The van der Waals surface area contributed by atoms with Gasteiger partial charge in [-0.25, -0.2) is 8.42 Å². The first-order chi connectivity index (χ1) is 3.25. The third-order valence-electron chi connectivity index (χ3n) is 0.283. The summed E-state index contributed by atoms with van der Waals surface area (Å²) in [5, 5.41) is 0. The molecule has 0 heterocycles. The van der Waals surface area contributed by atoms with E-state index in [0.29, 0.717) is 0 Å². The van der Waals surface area contributed by atoms with Crippen molar-refractivity contribution in [1.82, 2.24) is 0 Å². The van der Waals surface area contributed by atoms with Gasteiger partial charge in [0.15, 0.2) is 10.1 Å². The Labute approximate surface area is 114 Å². The molecule has 0 aromatic rings. The summed E-state index contributed by atoms with van der Waals surface area (Å²) in [6, 6.07) is 0. The van der Waals surface area contributed by atoms with Crippen LogP contribution in [0, 0.1) is 0 Å². The molecule has 0 aliphatic heterocycles. The van der Waals surface area contributed by atoms with E-state index in [9.17, 15) is 21.8 Å². The molecule has 0 bridgehead atoms. The molecule has 3 nitrogen and oxygen atoms in total. The summed E-state index contributed by atoms with van der Waals surface area (Å²) in [6.07, 6.45) is 0. The predicted molar refractivity (Wildman–Crippen MR) is 20.5 cm³/mol. The minimum absolute atomic E-state index is 0. The van der Waals surface area contributed by atoms with Crippen LogP contribution in [0.5, 0.6) is 0 Å². The van der Waals surface area contributed by atoms with Gasteiger partial charge < -0.3 is 4.55 Å². The minimum atomic E-state index is -5.66. The van der Waals surface area contributed by atoms with Crippen molar-refractivity contribution < 1.29 is 90.6 Å². The monoisotopic (exact) mass is 298 g/mol. The van der Waals surface area contributed by atoms with E-state index >= 15 is 0 Å². The van der Waals surface area contributed by atoms with Gasteiger partial charge in [-0.1, -0.05) is 0 Å². The zero-order valence-electron chi connectivity index (χ0n) is 4.27. The van der Waals surface area contributed by atoms with E-state index in [0.717, 1.165) is 0 Å². The number of hydrogen-bond acceptors (Lipinski definition) is 3. The first-order valence-corrected chi connectivity index (χ1v) is 3.06. The largest absolute Gasteiger partial charge is 1.00 e. The van der Waals surface area contributed by atoms with Crippen LogP contribution < -0.4 is 68.9 Å². The summed E-state index contributed by atoms with van der Waals surface area (Å²) in [5.41, 5.74) is 0. The van der Waals surface area contributed by atoms with Crippen LogP contribution in [0.3, 0.4) is 0 Å². The Hall–Kier alpha value is 2.11. The molecule has 0 aliphatic rings. The molecule has 0 spiro atoms. The predicted octanol–water partition coefficient (Wildman–Crippen LogP) is -2.68. The first kappa shape index (κ1) is 13.7. The number of rotatable bonds is 1. The normalized spacial score (nSPS) is 12.4. The minimum Gasteiger partial charge on any atom is -0.742 e. The molecule has 0 unspecified atom stereocenters. The summed E-state index contributed by atoms with van der Waals surface area (Å²) in [7, 11) is -5.66. The standard InChI is InChI=1S/CHClF2O3S.Cs/c2-1(3,4)8(5,6)7;/h(H,5,6,7);/q;+1/p-1. The molecule has 0 radical (unpaired) electrons. The molecule has 0 rings (SSSR count). The topological polar surface area (TPSA) is 57.2 Å². The van der Waals surface area contributed by atoms with Crippen molar-refractivity contribution >= 4 is 21.7 Å². The summed E-state index contributed by atoms with van der Waals surface area (Å²) in [6.45, 7) is 0. The summed E-state index contributed by atoms with van der Waals surface area (Å²) in [5.74, 6) is 0. The van der Waals surface area contributed by atoms with Gasteiger partial charge in [0.25, 0.3) is 0 Å². The van der Waals surface area contributed by atoms with Gasteiger partial charge in [-0.05, 0) is 11.6 Å². The number of alkyl halides is 3. The molecule has 0 amide bonds. The molecule has 0 saturated carbocycles. The van der Waals surface area contributed by atoms with E-state index in [4.69, 9.17) is 0 Å². The second-order valence-corrected chi connectivity index (χ2v) is 3.02. The molecule has 0 aliphatic carbocycles. The van der Waals surface area contributed by atoms with E-state index < -0.39 is 14.8 Å². The second kappa shape index (κ2) is 4.22. The van der Waals surface area contributed by atoms with Gasteiger partial charge in [-0.15, -0.1) is 0 Å². The van der Waals surface area contributed by atoms with E-state index in [-0.39, 0.29) is 68.9 Å². The van der Waals surface area contributed by atoms with Gasteiger partial charge in [-0.3, -0.25) is 0 Å². The van der Waals surface area contributed by atoms with Crippen LogP contribution in [0.25, 0.3) is 0 Å². The Bertz CT molecular complexity index is 171. The van der Waals surface area contributed by atoms with Crippen molar-refractivity contribution in [3.8, 4) is 0 Å². The summed E-state index contributed by atoms with van der Waals surface area (Å²) in [4.78, 5) is 0. The van der Waals surface area contributed by atoms with Crippen LogP contribution in [-0.2, 0) is 10.1 Å². The molecule has 9 heavy (non-hydrogen) atoms. The zero-order valence-corrected chi connectivity index (χ0v) is 12.1. The smallest absolute Gasteiger partial charge is 0.742 e. The molecule has 50 valence electrons. The molecule has 0 N–H and O–H groups in total. The number of halogens is 3. The third kappa shape index (κ3) is 5.39. The van der Waals surface area contributed by atoms with Gasteiger partial charge in [0.05, 0.1) is 0 Å². The van der Waals surface area contributed by atoms with E-state index in [1.54, 1.807) is 0 Å². The van der Waals surface area contributed by atoms with Gasteiger partial charge in [0, 0.05) is 0 Å². The SMILES string of the molecule is O=S(=O)([O-])C(F)(F)Cl.[Cs+]. The average Bonchev–Trinajstić information content (AvgIpc) is 1.25. The fraction of sp³-hybridized carbons (Fsp3) is 1.00. The van der Waals surface area contributed by atoms with Crippen molar-refractivity contribution in [2.24, 2.45) is 0 Å². The maximum absolute atomic E-state index is 11.1. The van der Waals surface area contributed by atoms with Crippen molar-refractivity contribution in [2.75, 3.05) is 0 Å². The molecule has 8 heteroatoms. The zero-order chi connectivity index (χ0) is 7.00. The fourth-order valence-electron chi connectivity index (χ4n) is 0. The molecule has 0 aromatic carbocycles. The van der Waals surface area contributed by atoms with Gasteiger partial charge in [-0.2, -0.15) is 8.78 Å². The van der Waals surface area contributed by atoms with Crippen LogP contribution >= 0.6 is 11.6 Å². The van der Waals surface area contributed by atoms with Gasteiger partial charge in [0.1, 0.15) is 0 Å². The van der Waals surface area contributed by atoms with E-state index in [1.807, 2.05) is 0 Å². The summed E-state index contributed by atoms with van der Waals surface area (Å²) < 4.78 is 45.2. The molecule has 0 aromatic heterocycles. The second-order valence-electron chi connectivity index (χ2n) is 0.900. The van der Waals surface area contributed by atoms with E-state index in [1.165, 1.54) is 0 Å². The van der Waals surface area contributed by atoms with Gasteiger partial charge >= 0.3 is 73.6 Å². The van der Waals surface area contributed by atoms with Crippen molar-refractivity contribution in [3.63, 3.8) is 0 Å². The van der Waals surface area contributed by atoms with Crippen LogP contribution in [0.1, 0.15) is 0 Å². The quantitative estimate of drug-likeness (QED) is 0.392. The Balaban J connectivity index is 0. The first-order valence-electron chi connectivity index (χ1n) is 1.27. The molecule has 0 atom stereocenters. The third-order valence-corrected chi connectivity index (χ3v) is 1.42. The van der Waals surface area contributed by atoms with Crippen LogP contribution in [-0.4, -0.2) is 17.7 Å². The van der Waals surface area contributed by atoms with E-state index in [2.05, 4.69) is 11.6 Å². The van der Waals surface area contributed by atoms with Crippen LogP contribution in [0.4, 0.5) is 8.78 Å². The maximum Gasteiger partial charge on any atom is 1.00 e. The van der Waals surface area contributed by atoms with Crippen molar-refractivity contribution in [2.45, 2.75) is 4.71 Å². The Morgan fingerprint density at radius 3 is 1.56 bits per heavy atom. The Morgan fingerprint density at radius 2 is 1.56 bits per heavy atom. The molecule has 0 saturated heterocycles. The molecular formula is CClCsF2O3S.